The van der Waals surface area contributed by atoms with Crippen LogP contribution < -0.4 is 0 Å². The number of fused-ring (bicyclic) bond motifs is 5. The molecule has 0 spiro atoms. The van der Waals surface area contributed by atoms with Crippen LogP contribution in [-0.4, -0.2) is 46.8 Å². The minimum absolute atomic E-state index is 0.0570. The lowest BCUT2D eigenvalue weighted by molar-refractivity contribution is -0.207. The second kappa shape index (κ2) is 8.25. The molecule has 4 aliphatic carbocycles. The average molecular weight is 435 g/mol. The van der Waals surface area contributed by atoms with Crippen LogP contribution in [0.1, 0.15) is 85.0 Å². The van der Waals surface area contributed by atoms with E-state index in [-0.39, 0.29) is 29.1 Å². The van der Waals surface area contributed by atoms with E-state index in [9.17, 15) is 15.3 Å². The average Bonchev–Trinajstić information content (AvgIpc) is 3.04. The van der Waals surface area contributed by atoms with Gasteiger partial charge in [0.1, 0.15) is 0 Å². The van der Waals surface area contributed by atoms with Crippen molar-refractivity contribution in [1.29, 1.82) is 0 Å². The summed E-state index contributed by atoms with van der Waals surface area (Å²) in [6.07, 6.45) is 9.93. The normalized spacial score (nSPS) is 53.2. The smallest absolute Gasteiger partial charge is 0.0602 e. The molecule has 1 aliphatic heterocycles. The molecule has 0 aromatic carbocycles. The Morgan fingerprint density at radius 3 is 2.45 bits per heavy atom. The standard InChI is InChI=1S/C27H46O4/c1-16(5-4-6-17-14-31-15-17)20-7-8-21-25-22(13-24(30)27(20,21)3)26(2)10-9-19(28)11-18(26)12-23(25)29/h16-25,28-30H,4-15H2,1-3H3/t16-,18-,19-,20-,21+,22+,23-,24+,25+,26+,27-/m1/s1. The molecule has 0 amide bonds. The van der Waals surface area contributed by atoms with Crippen molar-refractivity contribution in [2.45, 2.75) is 103 Å². The molecule has 4 saturated carbocycles. The van der Waals surface area contributed by atoms with Gasteiger partial charge in [-0.1, -0.05) is 33.6 Å². The first-order chi connectivity index (χ1) is 14.7. The van der Waals surface area contributed by atoms with Gasteiger partial charge in [-0.05, 0) is 97.7 Å². The van der Waals surface area contributed by atoms with E-state index in [2.05, 4.69) is 20.8 Å². The van der Waals surface area contributed by atoms with E-state index in [4.69, 9.17) is 4.74 Å². The topological polar surface area (TPSA) is 69.9 Å². The van der Waals surface area contributed by atoms with Gasteiger partial charge in [-0.3, -0.25) is 0 Å². The Hall–Kier alpha value is -0.160. The molecule has 1 heterocycles. The molecule has 3 N–H and O–H groups in total. The third-order valence-electron chi connectivity index (χ3n) is 11.5. The highest BCUT2D eigenvalue weighted by Gasteiger charge is 2.65. The van der Waals surface area contributed by atoms with Crippen LogP contribution in [0.3, 0.4) is 0 Å². The molecule has 4 nitrogen and oxygen atoms in total. The van der Waals surface area contributed by atoms with Gasteiger partial charge in [0.05, 0.1) is 31.5 Å². The first kappa shape index (κ1) is 22.6. The summed E-state index contributed by atoms with van der Waals surface area (Å²) in [6.45, 7) is 9.12. The van der Waals surface area contributed by atoms with Crippen molar-refractivity contribution in [2.24, 2.45) is 52.3 Å². The fourth-order valence-electron chi connectivity index (χ4n) is 9.51. The Balaban J connectivity index is 1.33. The number of aliphatic hydroxyl groups is 3. The summed E-state index contributed by atoms with van der Waals surface area (Å²) in [6, 6.07) is 0. The number of hydrogen-bond acceptors (Lipinski definition) is 4. The Labute approximate surface area is 189 Å². The zero-order valence-electron chi connectivity index (χ0n) is 20.0. The second-order valence-corrected chi connectivity index (χ2v) is 12.8. The van der Waals surface area contributed by atoms with E-state index < -0.39 is 0 Å². The van der Waals surface area contributed by atoms with Gasteiger partial charge in [-0.2, -0.15) is 0 Å². The lowest BCUT2D eigenvalue weighted by Crippen LogP contribution is -2.62. The molecule has 1 saturated heterocycles. The van der Waals surface area contributed by atoms with Crippen molar-refractivity contribution < 1.29 is 20.1 Å². The Kier molecular flexibility index (Phi) is 6.02. The molecule has 5 fully saturated rings. The van der Waals surface area contributed by atoms with E-state index in [1.165, 1.54) is 32.1 Å². The lowest BCUT2D eigenvalue weighted by Gasteiger charge is -2.63. The van der Waals surface area contributed by atoms with Crippen LogP contribution in [0, 0.1) is 52.3 Å². The molecular formula is C27H46O4. The van der Waals surface area contributed by atoms with Crippen molar-refractivity contribution in [3.63, 3.8) is 0 Å². The summed E-state index contributed by atoms with van der Waals surface area (Å²) in [4.78, 5) is 0. The molecule has 5 aliphatic rings. The maximum absolute atomic E-state index is 11.7. The summed E-state index contributed by atoms with van der Waals surface area (Å²) < 4.78 is 5.33. The van der Waals surface area contributed by atoms with Crippen LogP contribution in [0.2, 0.25) is 0 Å². The lowest BCUT2D eigenvalue weighted by atomic mass is 9.43. The molecule has 31 heavy (non-hydrogen) atoms. The molecule has 5 rings (SSSR count). The molecule has 0 bridgehead atoms. The predicted octanol–water partition coefficient (Wildman–Crippen LogP) is 4.40. The maximum Gasteiger partial charge on any atom is 0.0602 e. The molecule has 0 unspecified atom stereocenters. The summed E-state index contributed by atoms with van der Waals surface area (Å²) in [5.41, 5.74) is 0.110. The van der Waals surface area contributed by atoms with Gasteiger partial charge in [0, 0.05) is 5.92 Å². The van der Waals surface area contributed by atoms with Crippen LogP contribution in [0.4, 0.5) is 0 Å². The van der Waals surface area contributed by atoms with Crippen molar-refractivity contribution in [3.8, 4) is 0 Å². The van der Waals surface area contributed by atoms with E-state index >= 15 is 0 Å². The molecule has 11 atom stereocenters. The summed E-state index contributed by atoms with van der Waals surface area (Å²) in [5, 5.41) is 33.3. The van der Waals surface area contributed by atoms with Crippen LogP contribution in [-0.2, 0) is 4.74 Å². The predicted molar refractivity (Wildman–Crippen MR) is 121 cm³/mol. The van der Waals surface area contributed by atoms with Crippen LogP contribution in [0.15, 0.2) is 0 Å². The highest BCUT2D eigenvalue weighted by atomic mass is 16.5. The summed E-state index contributed by atoms with van der Waals surface area (Å²) in [7, 11) is 0. The Morgan fingerprint density at radius 2 is 1.74 bits per heavy atom. The number of aliphatic hydroxyl groups excluding tert-OH is 3. The van der Waals surface area contributed by atoms with Crippen molar-refractivity contribution >= 4 is 0 Å². The third kappa shape index (κ3) is 3.54. The Morgan fingerprint density at radius 1 is 0.968 bits per heavy atom. The fraction of sp³-hybridized carbons (Fsp3) is 1.00. The second-order valence-electron chi connectivity index (χ2n) is 12.8. The van der Waals surface area contributed by atoms with Gasteiger partial charge in [0.15, 0.2) is 0 Å². The van der Waals surface area contributed by atoms with Gasteiger partial charge in [-0.15, -0.1) is 0 Å². The summed E-state index contributed by atoms with van der Waals surface area (Å²) in [5.74, 6) is 3.54. The summed E-state index contributed by atoms with van der Waals surface area (Å²) >= 11 is 0. The van der Waals surface area contributed by atoms with E-state index in [0.29, 0.717) is 35.5 Å². The highest BCUT2D eigenvalue weighted by molar-refractivity contribution is 5.14. The third-order valence-corrected chi connectivity index (χ3v) is 11.5. The largest absolute Gasteiger partial charge is 0.393 e. The SMILES string of the molecule is C[C@H](CCCC1COC1)[C@H]1CC[C@H]2[C@@H]3[C@H](O)C[C@H]4C[C@H](O)CC[C@]4(C)[C@H]3C[C@H](O)[C@]12C. The van der Waals surface area contributed by atoms with Gasteiger partial charge in [0.25, 0.3) is 0 Å². The number of hydrogen-bond donors (Lipinski definition) is 3. The first-order valence-electron chi connectivity index (χ1n) is 13.4. The molecule has 4 heteroatoms. The Bertz CT molecular complexity index is 649. The monoisotopic (exact) mass is 434 g/mol. The first-order valence-corrected chi connectivity index (χ1v) is 13.4. The zero-order chi connectivity index (χ0) is 22.0. The minimum atomic E-state index is -0.266. The quantitative estimate of drug-likeness (QED) is 0.600. The number of ether oxygens (including phenoxy) is 1. The maximum atomic E-state index is 11.7. The molecule has 0 radical (unpaired) electrons. The van der Waals surface area contributed by atoms with Crippen LogP contribution >= 0.6 is 0 Å². The molecule has 0 aromatic rings. The van der Waals surface area contributed by atoms with Gasteiger partial charge in [-0.25, -0.2) is 0 Å². The number of rotatable bonds is 5. The van der Waals surface area contributed by atoms with Crippen molar-refractivity contribution in [1.82, 2.24) is 0 Å². The van der Waals surface area contributed by atoms with Crippen molar-refractivity contribution in [2.75, 3.05) is 13.2 Å². The molecular weight excluding hydrogens is 388 g/mol. The van der Waals surface area contributed by atoms with Gasteiger partial charge >= 0.3 is 0 Å². The zero-order valence-corrected chi connectivity index (χ0v) is 20.0. The van der Waals surface area contributed by atoms with E-state index in [0.717, 1.165) is 51.2 Å². The minimum Gasteiger partial charge on any atom is -0.393 e. The van der Waals surface area contributed by atoms with Crippen LogP contribution in [0.5, 0.6) is 0 Å². The van der Waals surface area contributed by atoms with Gasteiger partial charge in [0.2, 0.25) is 0 Å². The van der Waals surface area contributed by atoms with Crippen molar-refractivity contribution in [3.05, 3.63) is 0 Å². The highest BCUT2D eigenvalue weighted by Crippen LogP contribution is 2.68. The van der Waals surface area contributed by atoms with E-state index in [1.807, 2.05) is 0 Å². The van der Waals surface area contributed by atoms with Gasteiger partial charge < -0.3 is 20.1 Å². The fourth-order valence-corrected chi connectivity index (χ4v) is 9.51. The van der Waals surface area contributed by atoms with E-state index in [1.54, 1.807) is 0 Å². The van der Waals surface area contributed by atoms with Crippen LogP contribution in [0.25, 0.3) is 0 Å². The molecule has 0 aromatic heterocycles. The molecule has 178 valence electrons.